The van der Waals surface area contributed by atoms with E-state index in [0.29, 0.717) is 17.9 Å². The molecule has 0 aliphatic rings. The number of carbonyl (C=O) groups excluding carboxylic acids is 1. The summed E-state index contributed by atoms with van der Waals surface area (Å²) in [6, 6.07) is 27.2. The van der Waals surface area contributed by atoms with Gasteiger partial charge in [0.1, 0.15) is 11.4 Å². The zero-order valence-corrected chi connectivity index (χ0v) is 19.6. The maximum Gasteiger partial charge on any atom is 0.360 e. The number of aromatic amines is 2. The molecule has 8 nitrogen and oxygen atoms in total. The van der Waals surface area contributed by atoms with Gasteiger partial charge in [-0.1, -0.05) is 59.9 Å². The molecule has 0 saturated carbocycles. The lowest BCUT2D eigenvalue weighted by atomic mass is 10.1. The first kappa shape index (κ1) is 20.6. The Hall–Kier alpha value is -4.76. The summed E-state index contributed by atoms with van der Waals surface area (Å²) in [7, 11) is 0. The number of ether oxygens (including phenoxy) is 1. The van der Waals surface area contributed by atoms with Crippen molar-refractivity contribution in [3.63, 3.8) is 0 Å². The summed E-state index contributed by atoms with van der Waals surface area (Å²) >= 11 is 1.49. The second-order valence-electron chi connectivity index (χ2n) is 8.47. The lowest BCUT2D eigenvalue weighted by Gasteiger charge is -2.04. The predicted molar refractivity (Wildman–Crippen MR) is 138 cm³/mol. The van der Waals surface area contributed by atoms with Crippen LogP contribution < -0.4 is 4.74 Å². The Morgan fingerprint density at radius 2 is 1.58 bits per heavy atom. The van der Waals surface area contributed by atoms with Crippen LogP contribution in [0, 0.1) is 0 Å². The van der Waals surface area contributed by atoms with Crippen LogP contribution in [0.3, 0.4) is 0 Å². The number of nitrogens with one attached hydrogen (secondary N) is 2. The van der Waals surface area contributed by atoms with Crippen LogP contribution in [0.1, 0.15) is 21.9 Å². The third kappa shape index (κ3) is 3.62. The summed E-state index contributed by atoms with van der Waals surface area (Å²) in [5, 5.41) is 16.3. The molecular weight excluding hydrogens is 472 g/mol. The Bertz CT molecular complexity index is 1810. The molecule has 0 bridgehead atoms. The highest BCUT2D eigenvalue weighted by Gasteiger charge is 2.16. The van der Waals surface area contributed by atoms with Gasteiger partial charge in [0.25, 0.3) is 0 Å². The van der Waals surface area contributed by atoms with Gasteiger partial charge in [-0.05, 0) is 42.0 Å². The molecule has 9 heteroatoms. The van der Waals surface area contributed by atoms with Gasteiger partial charge in [-0.2, -0.15) is 9.61 Å². The summed E-state index contributed by atoms with van der Waals surface area (Å²) in [5.74, 6) is 0.792. The van der Waals surface area contributed by atoms with Crippen LogP contribution in [-0.4, -0.2) is 35.7 Å². The SMILES string of the molecule is O=C(Oc1ccc(Cc2nnc3sc(-c4cc5ccccc5[nH]4)nn23)cc1)c1cc2ccccc2[nH]1. The number of esters is 1. The largest absolute Gasteiger partial charge is 0.422 e. The van der Waals surface area contributed by atoms with E-state index in [1.807, 2.05) is 54.6 Å². The third-order valence-electron chi connectivity index (χ3n) is 6.06. The maximum absolute atomic E-state index is 12.6. The molecule has 0 saturated heterocycles. The van der Waals surface area contributed by atoms with E-state index < -0.39 is 5.97 Å². The van der Waals surface area contributed by atoms with E-state index >= 15 is 0 Å². The normalized spacial score (nSPS) is 11.6. The fourth-order valence-corrected chi connectivity index (χ4v) is 5.10. The quantitative estimate of drug-likeness (QED) is 0.241. The number of aromatic nitrogens is 6. The van der Waals surface area contributed by atoms with Crippen LogP contribution in [0.25, 0.3) is 37.5 Å². The van der Waals surface area contributed by atoms with Crippen molar-refractivity contribution in [3.8, 4) is 16.5 Å². The number of hydrogen-bond acceptors (Lipinski definition) is 6. The van der Waals surface area contributed by atoms with Crippen LogP contribution in [0.4, 0.5) is 0 Å². The minimum Gasteiger partial charge on any atom is -0.422 e. The van der Waals surface area contributed by atoms with Crippen molar-refractivity contribution in [1.29, 1.82) is 0 Å². The predicted octanol–water partition coefficient (Wildman–Crippen LogP) is 5.63. The molecule has 0 amide bonds. The first-order valence-electron chi connectivity index (χ1n) is 11.4. The number of para-hydroxylation sites is 2. The smallest absolute Gasteiger partial charge is 0.360 e. The summed E-state index contributed by atoms with van der Waals surface area (Å²) in [6.45, 7) is 0. The second kappa shape index (κ2) is 8.17. The number of hydrogen-bond donors (Lipinski definition) is 2. The monoisotopic (exact) mass is 490 g/mol. The molecule has 0 fully saturated rings. The van der Waals surface area contributed by atoms with Gasteiger partial charge in [-0.15, -0.1) is 10.2 Å². The molecule has 7 aromatic rings. The molecular formula is C27H18N6O2S. The Morgan fingerprint density at radius 1 is 0.861 bits per heavy atom. The Balaban J connectivity index is 1.08. The highest BCUT2D eigenvalue weighted by Crippen LogP contribution is 2.28. The zero-order valence-electron chi connectivity index (χ0n) is 18.8. The van der Waals surface area contributed by atoms with Crippen molar-refractivity contribution in [2.45, 2.75) is 6.42 Å². The number of H-pyrrole nitrogens is 2. The molecule has 0 aliphatic carbocycles. The van der Waals surface area contributed by atoms with Crippen LogP contribution in [-0.2, 0) is 6.42 Å². The van der Waals surface area contributed by atoms with Gasteiger partial charge in [0.15, 0.2) is 10.8 Å². The highest BCUT2D eigenvalue weighted by molar-refractivity contribution is 7.19. The van der Waals surface area contributed by atoms with E-state index in [0.717, 1.165) is 48.9 Å². The van der Waals surface area contributed by atoms with Gasteiger partial charge in [0.05, 0.1) is 5.69 Å². The minimum absolute atomic E-state index is 0.417. The van der Waals surface area contributed by atoms with Gasteiger partial charge >= 0.3 is 5.97 Å². The summed E-state index contributed by atoms with van der Waals surface area (Å²) in [5.41, 5.74) is 4.35. The van der Waals surface area contributed by atoms with Gasteiger partial charge in [-0.25, -0.2) is 4.79 Å². The molecule has 36 heavy (non-hydrogen) atoms. The Labute approximate surface area is 208 Å². The molecule has 0 radical (unpaired) electrons. The molecule has 7 rings (SSSR count). The van der Waals surface area contributed by atoms with Gasteiger partial charge in [-0.3, -0.25) is 0 Å². The van der Waals surface area contributed by atoms with Crippen LogP contribution in [0.5, 0.6) is 5.75 Å². The topological polar surface area (TPSA) is 101 Å². The molecule has 0 aliphatic heterocycles. The number of fused-ring (bicyclic) bond motifs is 3. The Morgan fingerprint density at radius 3 is 2.33 bits per heavy atom. The standard InChI is InChI=1S/C27H18N6O2S/c34-26(23-15-18-6-2-4-8-21(18)29-23)35-19-11-9-16(10-12-19)13-24-30-31-27-33(24)32-25(36-27)22-14-17-5-1-3-7-20(17)28-22/h1-12,14-15,28-29H,13H2. The van der Waals surface area contributed by atoms with E-state index in [1.54, 1.807) is 22.7 Å². The van der Waals surface area contributed by atoms with Gasteiger partial charge in [0.2, 0.25) is 4.96 Å². The van der Waals surface area contributed by atoms with Crippen LogP contribution in [0.15, 0.2) is 84.9 Å². The van der Waals surface area contributed by atoms with Crippen LogP contribution >= 0.6 is 11.3 Å². The van der Waals surface area contributed by atoms with E-state index in [9.17, 15) is 4.79 Å². The second-order valence-corrected chi connectivity index (χ2v) is 9.42. The molecule has 4 aromatic heterocycles. The van der Waals surface area contributed by atoms with Crippen molar-refractivity contribution < 1.29 is 9.53 Å². The first-order valence-corrected chi connectivity index (χ1v) is 12.2. The van der Waals surface area contributed by atoms with Crippen molar-refractivity contribution >= 4 is 44.1 Å². The zero-order chi connectivity index (χ0) is 24.1. The van der Waals surface area contributed by atoms with E-state index in [-0.39, 0.29) is 0 Å². The van der Waals surface area contributed by atoms with E-state index in [2.05, 4.69) is 32.3 Å². The summed E-state index contributed by atoms with van der Waals surface area (Å²) in [4.78, 5) is 19.8. The average molecular weight is 491 g/mol. The highest BCUT2D eigenvalue weighted by atomic mass is 32.1. The van der Waals surface area contributed by atoms with Gasteiger partial charge < -0.3 is 14.7 Å². The lowest BCUT2D eigenvalue weighted by molar-refractivity contribution is 0.0729. The first-order chi connectivity index (χ1) is 17.7. The van der Waals surface area contributed by atoms with E-state index in [4.69, 9.17) is 9.84 Å². The maximum atomic E-state index is 12.6. The van der Waals surface area contributed by atoms with Crippen molar-refractivity contribution in [2.24, 2.45) is 0 Å². The third-order valence-corrected chi connectivity index (χ3v) is 6.99. The molecule has 2 N–H and O–H groups in total. The lowest BCUT2D eigenvalue weighted by Crippen LogP contribution is -2.08. The fourth-order valence-electron chi connectivity index (χ4n) is 4.27. The molecule has 4 heterocycles. The number of rotatable bonds is 5. The fraction of sp³-hybridized carbons (Fsp3) is 0.0370. The Kier molecular flexibility index (Phi) is 4.68. The van der Waals surface area contributed by atoms with Crippen molar-refractivity contribution in [3.05, 3.63) is 102 Å². The van der Waals surface area contributed by atoms with Crippen molar-refractivity contribution in [2.75, 3.05) is 0 Å². The van der Waals surface area contributed by atoms with Crippen LogP contribution in [0.2, 0.25) is 0 Å². The molecule has 3 aromatic carbocycles. The number of benzene rings is 3. The molecule has 0 unspecified atom stereocenters. The minimum atomic E-state index is -0.426. The molecule has 0 atom stereocenters. The van der Waals surface area contributed by atoms with Crippen molar-refractivity contribution in [1.82, 2.24) is 29.8 Å². The number of nitrogens with zero attached hydrogens (tertiary/aromatic N) is 4. The molecule has 0 spiro atoms. The van der Waals surface area contributed by atoms with Gasteiger partial charge in [0, 0.05) is 28.2 Å². The average Bonchev–Trinajstić information content (AvgIpc) is 3.67. The number of carbonyl (C=O) groups is 1. The summed E-state index contributed by atoms with van der Waals surface area (Å²) < 4.78 is 7.34. The summed E-state index contributed by atoms with van der Waals surface area (Å²) in [6.07, 6.45) is 0.549. The molecule has 174 valence electrons. The van der Waals surface area contributed by atoms with E-state index in [1.165, 1.54) is 11.3 Å².